The minimum absolute atomic E-state index is 0.0239. The molecule has 1 aliphatic rings. The molecule has 0 unspecified atom stereocenters. The van der Waals surface area contributed by atoms with Gasteiger partial charge in [-0.25, -0.2) is 4.99 Å². The highest BCUT2D eigenvalue weighted by Crippen LogP contribution is 2.32. The molecule has 2 atom stereocenters. The van der Waals surface area contributed by atoms with Crippen molar-refractivity contribution in [1.82, 2.24) is 0 Å². The topological polar surface area (TPSA) is 40.0 Å². The van der Waals surface area contributed by atoms with E-state index in [0.29, 0.717) is 11.6 Å². The van der Waals surface area contributed by atoms with Crippen LogP contribution in [0, 0.1) is 0 Å². The van der Waals surface area contributed by atoms with Crippen molar-refractivity contribution in [2.75, 3.05) is 6.26 Å². The Kier molecular flexibility index (Phi) is 5.21. The molecule has 0 aromatic heterocycles. The van der Waals surface area contributed by atoms with Gasteiger partial charge in [0.15, 0.2) is 10.6 Å². The van der Waals surface area contributed by atoms with Gasteiger partial charge in [-0.3, -0.25) is 0 Å². The molecule has 104 valence electrons. The molecular weight excluding hydrogens is 309 g/mol. The molecule has 0 fully saturated rings. The van der Waals surface area contributed by atoms with Crippen LogP contribution in [0.1, 0.15) is 18.6 Å². The molecule has 0 bridgehead atoms. The second-order valence-corrected chi connectivity index (χ2v) is 5.50. The van der Waals surface area contributed by atoms with Gasteiger partial charge < -0.3 is 9.62 Å². The van der Waals surface area contributed by atoms with Crippen molar-refractivity contribution in [1.29, 1.82) is 0 Å². The van der Waals surface area contributed by atoms with E-state index < -0.39 is 4.84 Å². The van der Waals surface area contributed by atoms with Gasteiger partial charge in [-0.15, -0.1) is 4.33 Å². The van der Waals surface area contributed by atoms with E-state index in [1.807, 2.05) is 19.1 Å². The van der Waals surface area contributed by atoms with E-state index in [0.717, 1.165) is 17.6 Å². The summed E-state index contributed by atoms with van der Waals surface area (Å²) in [6, 6.07) is 7.38. The van der Waals surface area contributed by atoms with E-state index in [-0.39, 0.29) is 12.1 Å². The SMILES string of the molecule is CSOOc1ccc([C@H]2OC(C(Cl)Cl)=N[C@@H]2C)cc1. The molecule has 1 aromatic rings. The lowest BCUT2D eigenvalue weighted by atomic mass is 10.0. The maximum Gasteiger partial charge on any atom is 0.218 e. The molecule has 1 aromatic carbocycles. The van der Waals surface area contributed by atoms with Crippen molar-refractivity contribution >= 4 is 41.1 Å². The zero-order valence-corrected chi connectivity index (χ0v) is 12.7. The third-order valence-corrected chi connectivity index (χ3v) is 3.19. The highest BCUT2D eigenvalue weighted by Gasteiger charge is 2.31. The minimum Gasteiger partial charge on any atom is -0.469 e. The summed E-state index contributed by atoms with van der Waals surface area (Å²) in [5.41, 5.74) is 0.983. The summed E-state index contributed by atoms with van der Waals surface area (Å²) >= 11 is 12.6. The Morgan fingerprint density at radius 3 is 2.53 bits per heavy atom. The number of alkyl halides is 2. The Morgan fingerprint density at radius 2 is 2.00 bits per heavy atom. The zero-order chi connectivity index (χ0) is 13.8. The summed E-state index contributed by atoms with van der Waals surface area (Å²) in [6.07, 6.45) is 1.60. The lowest BCUT2D eigenvalue weighted by Gasteiger charge is -2.15. The van der Waals surface area contributed by atoms with Crippen LogP contribution in [-0.2, 0) is 9.07 Å². The predicted octanol–water partition coefficient (Wildman–Crippen LogP) is 3.94. The van der Waals surface area contributed by atoms with Gasteiger partial charge in [0, 0.05) is 18.3 Å². The number of benzene rings is 1. The molecule has 0 aliphatic carbocycles. The Morgan fingerprint density at radius 1 is 1.32 bits per heavy atom. The quantitative estimate of drug-likeness (QED) is 0.356. The minimum atomic E-state index is -0.731. The van der Waals surface area contributed by atoms with Gasteiger partial charge in [0.05, 0.1) is 6.04 Å². The van der Waals surface area contributed by atoms with E-state index >= 15 is 0 Å². The molecule has 1 heterocycles. The van der Waals surface area contributed by atoms with Crippen LogP contribution in [0.3, 0.4) is 0 Å². The molecule has 4 nitrogen and oxygen atoms in total. The van der Waals surface area contributed by atoms with Crippen LogP contribution < -0.4 is 4.89 Å². The fraction of sp³-hybridized carbons (Fsp3) is 0.417. The van der Waals surface area contributed by atoms with Gasteiger partial charge in [-0.1, -0.05) is 35.3 Å². The van der Waals surface area contributed by atoms with Crippen LogP contribution in [0.15, 0.2) is 29.3 Å². The average Bonchev–Trinajstić information content (AvgIpc) is 2.79. The highest BCUT2D eigenvalue weighted by atomic mass is 35.5. The second kappa shape index (κ2) is 6.70. The Balaban J connectivity index is 2.03. The number of rotatable bonds is 5. The molecule has 0 amide bonds. The maximum absolute atomic E-state index is 5.76. The summed E-state index contributed by atoms with van der Waals surface area (Å²) < 4.78 is 10.4. The van der Waals surface area contributed by atoms with Crippen LogP contribution in [-0.4, -0.2) is 23.0 Å². The third-order valence-electron chi connectivity index (χ3n) is 2.61. The Hall–Kier alpha value is -0.620. The summed E-state index contributed by atoms with van der Waals surface area (Å²) in [5.74, 6) is 0.990. The number of hydrogen-bond acceptors (Lipinski definition) is 5. The first-order valence-electron chi connectivity index (χ1n) is 5.61. The van der Waals surface area contributed by atoms with Gasteiger partial charge in [-0.05, 0) is 24.6 Å². The average molecular weight is 322 g/mol. The first kappa shape index (κ1) is 14.8. The van der Waals surface area contributed by atoms with Gasteiger partial charge in [0.25, 0.3) is 0 Å². The summed E-state index contributed by atoms with van der Waals surface area (Å²) in [4.78, 5) is 8.57. The van der Waals surface area contributed by atoms with Gasteiger partial charge in [0.2, 0.25) is 5.90 Å². The third kappa shape index (κ3) is 3.69. The van der Waals surface area contributed by atoms with Crippen LogP contribution in [0.2, 0.25) is 0 Å². The van der Waals surface area contributed by atoms with Crippen molar-refractivity contribution in [2.24, 2.45) is 4.99 Å². The highest BCUT2D eigenvalue weighted by molar-refractivity contribution is 7.93. The number of halogens is 2. The van der Waals surface area contributed by atoms with Crippen molar-refractivity contribution < 1.29 is 14.0 Å². The van der Waals surface area contributed by atoms with Crippen molar-refractivity contribution in [3.63, 3.8) is 0 Å². The molecule has 0 saturated heterocycles. The first-order valence-corrected chi connectivity index (χ1v) is 7.64. The van der Waals surface area contributed by atoms with E-state index in [1.165, 1.54) is 0 Å². The number of hydrogen-bond donors (Lipinski definition) is 0. The van der Waals surface area contributed by atoms with Crippen LogP contribution in [0.5, 0.6) is 5.75 Å². The van der Waals surface area contributed by atoms with E-state index in [9.17, 15) is 0 Å². The lowest BCUT2D eigenvalue weighted by Crippen LogP contribution is -2.13. The molecule has 0 radical (unpaired) electrons. The summed E-state index contributed by atoms with van der Waals surface area (Å²) in [5, 5.41) is 0. The molecule has 7 heteroatoms. The maximum atomic E-state index is 5.76. The second-order valence-electron chi connectivity index (χ2n) is 3.93. The molecular formula is C12H13Cl2NO3S. The van der Waals surface area contributed by atoms with Crippen LogP contribution in [0.4, 0.5) is 0 Å². The predicted molar refractivity (Wildman–Crippen MR) is 77.9 cm³/mol. The smallest absolute Gasteiger partial charge is 0.218 e. The molecule has 1 aliphatic heterocycles. The van der Waals surface area contributed by atoms with E-state index in [2.05, 4.69) is 4.99 Å². The van der Waals surface area contributed by atoms with Crippen molar-refractivity contribution in [3.8, 4) is 5.75 Å². The number of ether oxygens (including phenoxy) is 1. The molecule has 0 saturated carbocycles. The number of aliphatic imine (C=N–C) groups is 1. The van der Waals surface area contributed by atoms with Gasteiger partial charge >= 0.3 is 0 Å². The largest absolute Gasteiger partial charge is 0.469 e. The lowest BCUT2D eigenvalue weighted by molar-refractivity contribution is -0.0771. The molecule has 0 spiro atoms. The van der Waals surface area contributed by atoms with Crippen molar-refractivity contribution in [2.45, 2.75) is 23.9 Å². The summed E-state index contributed by atoms with van der Waals surface area (Å²) in [7, 11) is 0. The van der Waals surface area contributed by atoms with Gasteiger partial charge in [-0.2, -0.15) is 0 Å². The van der Waals surface area contributed by atoms with Crippen LogP contribution in [0.25, 0.3) is 0 Å². The monoisotopic (exact) mass is 321 g/mol. The van der Waals surface area contributed by atoms with E-state index in [4.69, 9.17) is 37.2 Å². The summed E-state index contributed by atoms with van der Waals surface area (Å²) in [6.45, 7) is 1.95. The molecule has 19 heavy (non-hydrogen) atoms. The fourth-order valence-corrected chi connectivity index (χ4v) is 2.13. The van der Waals surface area contributed by atoms with Crippen LogP contribution >= 0.6 is 35.2 Å². The number of nitrogens with zero attached hydrogens (tertiary/aromatic N) is 1. The standard InChI is InChI=1S/C12H13Cl2NO3S/c1-7-10(16-12(15-7)11(13)14)8-3-5-9(6-4-8)17-18-19-2/h3-7,10-11H,1-2H3/t7-,10+/m1/s1. The Bertz CT molecular complexity index is 453. The van der Waals surface area contributed by atoms with Gasteiger partial charge in [0.1, 0.15) is 6.10 Å². The molecule has 2 rings (SSSR count). The zero-order valence-electron chi connectivity index (χ0n) is 10.4. The van der Waals surface area contributed by atoms with Crippen molar-refractivity contribution in [3.05, 3.63) is 29.8 Å². The fourth-order valence-electron chi connectivity index (χ4n) is 1.77. The van der Waals surface area contributed by atoms with E-state index in [1.54, 1.807) is 18.4 Å². The Labute approximate surface area is 126 Å². The molecule has 0 N–H and O–H groups in total. The normalized spacial score (nSPS) is 22.3. The first-order chi connectivity index (χ1) is 9.11.